The Morgan fingerprint density at radius 1 is 1.26 bits per heavy atom. The first-order valence-corrected chi connectivity index (χ1v) is 7.61. The number of ether oxygens (including phenoxy) is 1. The zero-order valence-electron chi connectivity index (χ0n) is 13.7. The van der Waals surface area contributed by atoms with Crippen LogP contribution in [-0.4, -0.2) is 42.7 Å². The zero-order chi connectivity index (χ0) is 16.7. The highest BCUT2D eigenvalue weighted by atomic mass is 16.5. The maximum absolute atomic E-state index is 12.8. The summed E-state index contributed by atoms with van der Waals surface area (Å²) >= 11 is 0. The predicted molar refractivity (Wildman–Crippen MR) is 90.9 cm³/mol. The zero-order valence-corrected chi connectivity index (χ0v) is 13.7. The molecule has 0 radical (unpaired) electrons. The van der Waals surface area contributed by atoms with Crippen molar-refractivity contribution in [3.63, 3.8) is 0 Å². The van der Waals surface area contributed by atoms with Crippen molar-refractivity contribution in [1.29, 1.82) is 0 Å². The smallest absolute Gasteiger partial charge is 0.277 e. The average Bonchev–Trinajstić information content (AvgIpc) is 2.56. The minimum absolute atomic E-state index is 0.140. The van der Waals surface area contributed by atoms with Crippen molar-refractivity contribution in [2.24, 2.45) is 0 Å². The molecule has 1 heterocycles. The van der Waals surface area contributed by atoms with Gasteiger partial charge >= 0.3 is 0 Å². The maximum Gasteiger partial charge on any atom is 0.277 e. The van der Waals surface area contributed by atoms with E-state index in [0.717, 1.165) is 5.69 Å². The van der Waals surface area contributed by atoms with Gasteiger partial charge in [-0.3, -0.25) is 4.79 Å². The van der Waals surface area contributed by atoms with E-state index in [1.807, 2.05) is 37.3 Å². The molecule has 0 spiro atoms. The fraction of sp³-hybridized carbons (Fsp3) is 0.353. The Kier molecular flexibility index (Phi) is 6.05. The van der Waals surface area contributed by atoms with E-state index in [4.69, 9.17) is 4.74 Å². The summed E-state index contributed by atoms with van der Waals surface area (Å²) in [5.41, 5.74) is 1.23. The Bertz CT molecular complexity index is 646. The van der Waals surface area contributed by atoms with Crippen molar-refractivity contribution < 1.29 is 9.53 Å². The molecule has 0 aliphatic heterocycles. The topological polar surface area (TPSA) is 67.4 Å². The molecular weight excluding hydrogens is 292 g/mol. The van der Waals surface area contributed by atoms with Crippen LogP contribution in [0.25, 0.3) is 0 Å². The highest BCUT2D eigenvalue weighted by molar-refractivity contribution is 6.05. The second kappa shape index (κ2) is 8.24. The molecule has 0 aliphatic rings. The number of methoxy groups -OCH3 is 1. The van der Waals surface area contributed by atoms with Crippen molar-refractivity contribution in [3.8, 4) is 0 Å². The quantitative estimate of drug-likeness (QED) is 0.795. The largest absolute Gasteiger partial charge is 0.383 e. The molecule has 0 atom stereocenters. The Balaban J connectivity index is 2.23. The van der Waals surface area contributed by atoms with E-state index in [1.54, 1.807) is 25.0 Å². The fourth-order valence-electron chi connectivity index (χ4n) is 2.24. The van der Waals surface area contributed by atoms with Gasteiger partial charge in [-0.05, 0) is 26.0 Å². The molecule has 6 nitrogen and oxygen atoms in total. The Hall–Kier alpha value is -2.47. The molecule has 1 aromatic carbocycles. The summed E-state index contributed by atoms with van der Waals surface area (Å²) in [7, 11) is 1.64. The number of carbonyl (C=O) groups excluding carboxylic acids is 1. The van der Waals surface area contributed by atoms with E-state index in [2.05, 4.69) is 15.3 Å². The van der Waals surface area contributed by atoms with Crippen LogP contribution >= 0.6 is 0 Å². The molecule has 2 rings (SSSR count). The number of para-hydroxylation sites is 1. The average molecular weight is 314 g/mol. The van der Waals surface area contributed by atoms with Crippen molar-refractivity contribution in [3.05, 3.63) is 47.9 Å². The standard InChI is InChI=1S/C17H22N4O2/c1-4-21(14-8-6-5-7-9-14)17(22)15-12-16(18-10-11-23-3)20-13(2)19-15/h5-9,12H,4,10-11H2,1-3H3,(H,18,19,20). The van der Waals surface area contributed by atoms with Crippen LogP contribution in [0.5, 0.6) is 0 Å². The summed E-state index contributed by atoms with van der Waals surface area (Å²) in [5, 5.41) is 3.13. The number of aryl methyl sites for hydroxylation is 1. The molecule has 1 N–H and O–H groups in total. The van der Waals surface area contributed by atoms with Gasteiger partial charge in [0.05, 0.1) is 6.61 Å². The lowest BCUT2D eigenvalue weighted by molar-refractivity contribution is 0.0983. The maximum atomic E-state index is 12.8. The van der Waals surface area contributed by atoms with Crippen LogP contribution in [0.2, 0.25) is 0 Å². The molecular formula is C17H22N4O2. The lowest BCUT2D eigenvalue weighted by Gasteiger charge is -2.21. The minimum Gasteiger partial charge on any atom is -0.383 e. The Morgan fingerprint density at radius 2 is 2.00 bits per heavy atom. The van der Waals surface area contributed by atoms with Gasteiger partial charge in [-0.2, -0.15) is 0 Å². The Morgan fingerprint density at radius 3 is 2.65 bits per heavy atom. The van der Waals surface area contributed by atoms with Crippen LogP contribution in [0.3, 0.4) is 0 Å². The molecule has 0 saturated heterocycles. The highest BCUT2D eigenvalue weighted by Crippen LogP contribution is 2.17. The van der Waals surface area contributed by atoms with Crippen molar-refractivity contribution in [1.82, 2.24) is 9.97 Å². The molecule has 6 heteroatoms. The molecule has 1 aromatic heterocycles. The summed E-state index contributed by atoms with van der Waals surface area (Å²) < 4.78 is 5.00. The highest BCUT2D eigenvalue weighted by Gasteiger charge is 2.18. The van der Waals surface area contributed by atoms with E-state index in [0.29, 0.717) is 37.0 Å². The Labute approximate surface area is 136 Å². The molecule has 0 bridgehead atoms. The molecule has 122 valence electrons. The minimum atomic E-state index is -0.140. The van der Waals surface area contributed by atoms with Gasteiger partial charge in [0.25, 0.3) is 5.91 Å². The molecule has 0 aliphatic carbocycles. The lowest BCUT2D eigenvalue weighted by atomic mass is 10.2. The van der Waals surface area contributed by atoms with Gasteiger partial charge in [0, 0.05) is 32.0 Å². The van der Waals surface area contributed by atoms with Crippen LogP contribution in [0, 0.1) is 6.92 Å². The number of nitrogens with one attached hydrogen (secondary N) is 1. The number of amides is 1. The summed E-state index contributed by atoms with van der Waals surface area (Å²) in [5.74, 6) is 1.04. The SMILES string of the molecule is CCN(C(=O)c1cc(NCCOC)nc(C)n1)c1ccccc1. The first-order chi connectivity index (χ1) is 11.2. The van der Waals surface area contributed by atoms with E-state index in [-0.39, 0.29) is 5.91 Å². The van der Waals surface area contributed by atoms with E-state index in [1.165, 1.54) is 0 Å². The molecule has 0 unspecified atom stereocenters. The second-order valence-electron chi connectivity index (χ2n) is 4.99. The normalized spacial score (nSPS) is 10.4. The molecule has 1 amide bonds. The first kappa shape index (κ1) is 16.9. The molecule has 0 saturated carbocycles. The van der Waals surface area contributed by atoms with E-state index >= 15 is 0 Å². The number of rotatable bonds is 7. The van der Waals surface area contributed by atoms with Gasteiger partial charge in [-0.1, -0.05) is 18.2 Å². The van der Waals surface area contributed by atoms with Crippen molar-refractivity contribution >= 4 is 17.4 Å². The number of benzene rings is 1. The van der Waals surface area contributed by atoms with Gasteiger partial charge in [0.15, 0.2) is 0 Å². The molecule has 23 heavy (non-hydrogen) atoms. The lowest BCUT2D eigenvalue weighted by Crippen LogP contribution is -2.31. The number of carbonyl (C=O) groups is 1. The third-order valence-corrected chi connectivity index (χ3v) is 3.30. The number of hydrogen-bond donors (Lipinski definition) is 1. The summed E-state index contributed by atoms with van der Waals surface area (Å²) in [6, 6.07) is 11.2. The third kappa shape index (κ3) is 4.50. The van der Waals surface area contributed by atoms with E-state index in [9.17, 15) is 4.79 Å². The van der Waals surface area contributed by atoms with Gasteiger partial charge < -0.3 is 15.0 Å². The van der Waals surface area contributed by atoms with Crippen LogP contribution in [-0.2, 0) is 4.74 Å². The number of nitrogens with zero attached hydrogens (tertiary/aromatic N) is 3. The van der Waals surface area contributed by atoms with Crippen LogP contribution in [0.4, 0.5) is 11.5 Å². The fourth-order valence-corrected chi connectivity index (χ4v) is 2.24. The first-order valence-electron chi connectivity index (χ1n) is 7.61. The van der Waals surface area contributed by atoms with Crippen molar-refractivity contribution in [2.75, 3.05) is 37.0 Å². The summed E-state index contributed by atoms with van der Waals surface area (Å²) in [6.07, 6.45) is 0. The summed E-state index contributed by atoms with van der Waals surface area (Å²) in [6.45, 7) is 5.47. The van der Waals surface area contributed by atoms with Crippen molar-refractivity contribution in [2.45, 2.75) is 13.8 Å². The van der Waals surface area contributed by atoms with Gasteiger partial charge in [0.2, 0.25) is 0 Å². The summed E-state index contributed by atoms with van der Waals surface area (Å²) in [4.78, 5) is 23.1. The molecule has 0 fully saturated rings. The predicted octanol–water partition coefficient (Wildman–Crippen LogP) is 2.51. The number of anilines is 2. The number of hydrogen-bond acceptors (Lipinski definition) is 5. The van der Waals surface area contributed by atoms with Gasteiger partial charge in [-0.25, -0.2) is 9.97 Å². The van der Waals surface area contributed by atoms with Gasteiger partial charge in [-0.15, -0.1) is 0 Å². The monoisotopic (exact) mass is 314 g/mol. The van der Waals surface area contributed by atoms with E-state index < -0.39 is 0 Å². The third-order valence-electron chi connectivity index (χ3n) is 3.30. The molecule has 2 aromatic rings. The van der Waals surface area contributed by atoms with Crippen LogP contribution in [0.15, 0.2) is 36.4 Å². The van der Waals surface area contributed by atoms with Gasteiger partial charge in [0.1, 0.15) is 17.3 Å². The second-order valence-corrected chi connectivity index (χ2v) is 4.99. The van der Waals surface area contributed by atoms with Crippen LogP contribution < -0.4 is 10.2 Å². The number of aromatic nitrogens is 2. The van der Waals surface area contributed by atoms with Crippen LogP contribution in [0.1, 0.15) is 23.2 Å².